The van der Waals surface area contributed by atoms with E-state index in [9.17, 15) is 66.3 Å². The quantitative estimate of drug-likeness (QED) is 0.126. The van der Waals surface area contributed by atoms with Crippen molar-refractivity contribution in [2.45, 2.75) is 12.4 Å². The van der Waals surface area contributed by atoms with Crippen LogP contribution in [0.3, 0.4) is 0 Å². The molecule has 0 saturated heterocycles. The lowest BCUT2D eigenvalue weighted by molar-refractivity contribution is -0.740. The van der Waals surface area contributed by atoms with Gasteiger partial charge in [-0.25, -0.2) is 39.9 Å². The molecule has 0 amide bonds. The molecular formula is C8H8F6N6O10. The first kappa shape index (κ1) is 26.1. The van der Waals surface area contributed by atoms with Gasteiger partial charge in [-0.05, 0) is 0 Å². The Morgan fingerprint density at radius 3 is 1.13 bits per heavy atom. The summed E-state index contributed by atoms with van der Waals surface area (Å²) in [5, 5.41) is 26.2. The van der Waals surface area contributed by atoms with Crippen molar-refractivity contribution in [3.63, 3.8) is 0 Å². The molecule has 0 aliphatic heterocycles. The molecule has 16 nitrogen and oxygen atoms in total. The molecule has 0 rings (SSSR count). The van der Waals surface area contributed by atoms with Crippen molar-refractivity contribution in [1.29, 1.82) is 0 Å². The van der Waals surface area contributed by atoms with Gasteiger partial charge in [0.1, 0.15) is 0 Å². The Morgan fingerprint density at radius 2 is 0.933 bits per heavy atom. The number of esters is 2. The predicted octanol–water partition coefficient (Wildman–Crippen LogP) is -0.491. The van der Waals surface area contributed by atoms with Crippen LogP contribution in [0.5, 0.6) is 0 Å². The minimum atomic E-state index is -5.56. The summed E-state index contributed by atoms with van der Waals surface area (Å²) in [6.45, 7) is -6.89. The van der Waals surface area contributed by atoms with Gasteiger partial charge in [-0.2, -0.15) is 26.3 Å². The molecule has 0 aliphatic rings. The molecule has 0 heterocycles. The van der Waals surface area contributed by atoms with Crippen LogP contribution in [-0.2, 0) is 19.1 Å². The highest BCUT2D eigenvalue weighted by Gasteiger charge is 2.43. The molecule has 0 aliphatic carbocycles. The summed E-state index contributed by atoms with van der Waals surface area (Å²) in [6, 6.07) is 0. The number of carbonyl (C=O) groups is 2. The Kier molecular flexibility index (Phi) is 8.76. The third-order valence-electron chi connectivity index (χ3n) is 2.50. The summed E-state index contributed by atoms with van der Waals surface area (Å²) in [4.78, 5) is 53.4. The number of halogens is 6. The topological polar surface area (TPSA) is 192 Å². The summed E-state index contributed by atoms with van der Waals surface area (Å²) < 4.78 is 79.0. The standard InChI is InChI=1S/C8H8F6N6O10/c9-7(10,11)5(21)29-3-16(19(25)26)1-15(18(23)24)2-17(20(27)28)4-30-6(22)8(12,13)14/h1-4H2. The molecule has 22 heteroatoms. The second-order valence-corrected chi connectivity index (χ2v) is 4.63. The molecule has 172 valence electrons. The van der Waals surface area contributed by atoms with Gasteiger partial charge in [0.2, 0.25) is 26.8 Å². The van der Waals surface area contributed by atoms with Gasteiger partial charge in [-0.3, -0.25) is 0 Å². The van der Waals surface area contributed by atoms with Crippen molar-refractivity contribution >= 4 is 11.9 Å². The zero-order chi connectivity index (χ0) is 23.9. The van der Waals surface area contributed by atoms with Gasteiger partial charge >= 0.3 is 24.3 Å². The van der Waals surface area contributed by atoms with Crippen molar-refractivity contribution in [3.8, 4) is 0 Å². The lowest BCUT2D eigenvalue weighted by Gasteiger charge is -2.21. The summed E-state index contributed by atoms with van der Waals surface area (Å²) in [5.41, 5.74) is 0. The van der Waals surface area contributed by atoms with Gasteiger partial charge in [0.05, 0.1) is 0 Å². The van der Waals surface area contributed by atoms with Crippen LogP contribution in [0.4, 0.5) is 26.3 Å². The van der Waals surface area contributed by atoms with Crippen molar-refractivity contribution in [2.24, 2.45) is 0 Å². The van der Waals surface area contributed by atoms with E-state index in [-0.39, 0.29) is 0 Å². The molecule has 0 radical (unpaired) electrons. The summed E-state index contributed by atoms with van der Waals surface area (Å²) in [6.07, 6.45) is -11.1. The third kappa shape index (κ3) is 8.87. The Balaban J connectivity index is 5.22. The fourth-order valence-corrected chi connectivity index (χ4v) is 1.23. The van der Waals surface area contributed by atoms with Gasteiger partial charge in [-0.1, -0.05) is 15.0 Å². The molecule has 0 saturated carbocycles. The molecule has 0 unspecified atom stereocenters. The normalized spacial score (nSPS) is 11.3. The van der Waals surface area contributed by atoms with Crippen molar-refractivity contribution in [1.82, 2.24) is 15.0 Å². The SMILES string of the molecule is O=C(OCN(CN(CN(COC(=O)C(F)(F)F)[N+](=O)[O-])[N+](=O)[O-])[N+](=O)[O-])C(F)(F)F. The summed E-state index contributed by atoms with van der Waals surface area (Å²) in [7, 11) is 0. The minimum Gasteiger partial charge on any atom is -0.432 e. The maximum absolute atomic E-state index is 12.0. The molecule has 0 N–H and O–H groups in total. The summed E-state index contributed by atoms with van der Waals surface area (Å²) in [5.74, 6) is -5.79. The zero-order valence-corrected chi connectivity index (χ0v) is 13.9. The van der Waals surface area contributed by atoms with E-state index < -0.39 is 81.2 Å². The van der Waals surface area contributed by atoms with E-state index in [0.717, 1.165) is 0 Å². The van der Waals surface area contributed by atoms with E-state index in [2.05, 4.69) is 9.47 Å². The van der Waals surface area contributed by atoms with Gasteiger partial charge in [0, 0.05) is 0 Å². The highest BCUT2D eigenvalue weighted by atomic mass is 19.4. The number of hydrogen-bond donors (Lipinski definition) is 0. The van der Waals surface area contributed by atoms with Crippen LogP contribution in [0.1, 0.15) is 0 Å². The van der Waals surface area contributed by atoms with Crippen LogP contribution in [0.15, 0.2) is 0 Å². The van der Waals surface area contributed by atoms with Crippen LogP contribution < -0.4 is 0 Å². The highest BCUT2D eigenvalue weighted by Crippen LogP contribution is 2.17. The van der Waals surface area contributed by atoms with Crippen LogP contribution >= 0.6 is 0 Å². The molecule has 0 spiro atoms. The second kappa shape index (κ2) is 10.1. The number of alkyl halides is 6. The van der Waals surface area contributed by atoms with Gasteiger partial charge in [-0.15, -0.1) is 0 Å². The maximum Gasteiger partial charge on any atom is 0.490 e. The first-order chi connectivity index (χ1) is 13.5. The average molecular weight is 462 g/mol. The van der Waals surface area contributed by atoms with Gasteiger partial charge < -0.3 is 9.47 Å². The number of ether oxygens (including phenoxy) is 2. The smallest absolute Gasteiger partial charge is 0.432 e. The van der Waals surface area contributed by atoms with Gasteiger partial charge in [0.15, 0.2) is 15.1 Å². The molecular weight excluding hydrogens is 454 g/mol. The van der Waals surface area contributed by atoms with E-state index in [1.165, 1.54) is 0 Å². The number of carbonyl (C=O) groups excluding carboxylic acids is 2. The third-order valence-corrected chi connectivity index (χ3v) is 2.50. The van der Waals surface area contributed by atoms with Crippen LogP contribution in [0, 0.1) is 30.3 Å². The van der Waals surface area contributed by atoms with Crippen LogP contribution in [0.2, 0.25) is 0 Å². The van der Waals surface area contributed by atoms with Crippen molar-refractivity contribution in [2.75, 3.05) is 26.8 Å². The highest BCUT2D eigenvalue weighted by molar-refractivity contribution is 5.75. The van der Waals surface area contributed by atoms with E-state index in [4.69, 9.17) is 0 Å². The maximum atomic E-state index is 12.0. The Hall–Kier alpha value is -3.88. The Labute approximate surface area is 158 Å². The Morgan fingerprint density at radius 1 is 0.667 bits per heavy atom. The van der Waals surface area contributed by atoms with Gasteiger partial charge in [0.25, 0.3) is 0 Å². The lowest BCUT2D eigenvalue weighted by Crippen LogP contribution is -2.51. The molecule has 0 aromatic carbocycles. The lowest BCUT2D eigenvalue weighted by atomic mass is 10.7. The van der Waals surface area contributed by atoms with Crippen molar-refractivity contribution < 1.29 is 60.5 Å². The fraction of sp³-hybridized carbons (Fsp3) is 0.750. The molecule has 0 atom stereocenters. The molecule has 0 aromatic heterocycles. The molecule has 30 heavy (non-hydrogen) atoms. The number of nitrogens with zero attached hydrogens (tertiary/aromatic N) is 6. The fourth-order valence-electron chi connectivity index (χ4n) is 1.23. The second-order valence-electron chi connectivity index (χ2n) is 4.63. The van der Waals surface area contributed by atoms with Crippen molar-refractivity contribution in [3.05, 3.63) is 30.3 Å². The number of hydrogen-bond acceptors (Lipinski definition) is 10. The van der Waals surface area contributed by atoms with Crippen LogP contribution in [0.25, 0.3) is 0 Å². The van der Waals surface area contributed by atoms with E-state index in [1.54, 1.807) is 0 Å². The minimum absolute atomic E-state index is 0.436. The average Bonchev–Trinajstić information content (AvgIpc) is 2.56. The van der Waals surface area contributed by atoms with E-state index >= 15 is 0 Å². The monoisotopic (exact) mass is 462 g/mol. The number of hydrazine groups is 3. The zero-order valence-electron chi connectivity index (χ0n) is 13.9. The largest absolute Gasteiger partial charge is 0.490 e. The Bertz CT molecular complexity index is 635. The van der Waals surface area contributed by atoms with Crippen LogP contribution in [-0.4, -0.2) is 81.2 Å². The molecule has 0 fully saturated rings. The number of nitro groups is 3. The van der Waals surface area contributed by atoms with E-state index in [0.29, 0.717) is 0 Å². The van der Waals surface area contributed by atoms with E-state index in [1.807, 2.05) is 0 Å². The predicted molar refractivity (Wildman–Crippen MR) is 70.3 cm³/mol. The number of rotatable bonds is 11. The first-order valence-electron chi connectivity index (χ1n) is 6.62. The summed E-state index contributed by atoms with van der Waals surface area (Å²) >= 11 is 0. The first-order valence-corrected chi connectivity index (χ1v) is 6.62. The molecule has 0 aromatic rings. The molecule has 0 bridgehead atoms.